The van der Waals surface area contributed by atoms with Crippen LogP contribution in [0.25, 0.3) is 0 Å². The van der Waals surface area contributed by atoms with Crippen molar-refractivity contribution >= 4 is 27.3 Å². The first-order valence-corrected chi connectivity index (χ1v) is 8.17. The van der Waals surface area contributed by atoms with E-state index in [0.29, 0.717) is 5.41 Å². The number of rotatable bonds is 4. The quantitative estimate of drug-likeness (QED) is 0.760. The van der Waals surface area contributed by atoms with Gasteiger partial charge in [-0.2, -0.15) is 0 Å². The van der Waals surface area contributed by atoms with E-state index in [1.807, 2.05) is 16.8 Å². The fraction of sp³-hybridized carbons (Fsp3) is 0.769. The molecule has 0 amide bonds. The lowest BCUT2D eigenvalue weighted by atomic mass is 9.80. The predicted molar refractivity (Wildman–Crippen MR) is 72.2 cm³/mol. The molecule has 2 saturated carbocycles. The molecule has 0 radical (unpaired) electrons. The van der Waals surface area contributed by atoms with Crippen LogP contribution in [-0.2, 0) is 6.42 Å². The highest BCUT2D eigenvalue weighted by Crippen LogP contribution is 2.61. The van der Waals surface area contributed by atoms with Crippen molar-refractivity contribution < 1.29 is 0 Å². The summed E-state index contributed by atoms with van der Waals surface area (Å²) in [4.78, 5) is 5.84. The van der Waals surface area contributed by atoms with E-state index in [2.05, 4.69) is 27.8 Å². The molecule has 0 spiro atoms. The third-order valence-electron chi connectivity index (χ3n) is 4.47. The van der Waals surface area contributed by atoms with Crippen LogP contribution in [0.1, 0.15) is 36.3 Å². The van der Waals surface area contributed by atoms with E-state index in [4.69, 9.17) is 0 Å². The Morgan fingerprint density at radius 2 is 2.25 bits per heavy atom. The number of aromatic nitrogens is 1. The van der Waals surface area contributed by atoms with Gasteiger partial charge < -0.3 is 0 Å². The van der Waals surface area contributed by atoms with Crippen LogP contribution in [0, 0.1) is 24.2 Å². The van der Waals surface area contributed by atoms with E-state index in [0.717, 1.165) is 11.8 Å². The van der Waals surface area contributed by atoms with Crippen molar-refractivity contribution in [1.82, 2.24) is 4.98 Å². The molecule has 0 N–H and O–H groups in total. The average molecular weight is 300 g/mol. The number of hydrogen-bond acceptors (Lipinski definition) is 2. The first kappa shape index (κ1) is 11.2. The van der Waals surface area contributed by atoms with Gasteiger partial charge in [-0.1, -0.05) is 15.9 Å². The Labute approximate surface area is 110 Å². The topological polar surface area (TPSA) is 12.9 Å². The Balaban J connectivity index is 1.63. The fourth-order valence-electron chi connectivity index (χ4n) is 3.33. The SMILES string of the molecule is Cc1ncsc1CCC1(CBr)CC2CC2C1. The highest BCUT2D eigenvalue weighted by atomic mass is 79.9. The summed E-state index contributed by atoms with van der Waals surface area (Å²) < 4.78 is 0. The van der Waals surface area contributed by atoms with Gasteiger partial charge in [-0.05, 0) is 56.3 Å². The Morgan fingerprint density at radius 3 is 2.81 bits per heavy atom. The molecular formula is C13H18BrNS. The molecule has 0 bridgehead atoms. The van der Waals surface area contributed by atoms with Crippen LogP contribution >= 0.6 is 27.3 Å². The van der Waals surface area contributed by atoms with Crippen LogP contribution in [-0.4, -0.2) is 10.3 Å². The van der Waals surface area contributed by atoms with Gasteiger partial charge in [-0.3, -0.25) is 0 Å². The van der Waals surface area contributed by atoms with Gasteiger partial charge in [0.1, 0.15) is 0 Å². The normalized spacial score (nSPS) is 36.4. The summed E-state index contributed by atoms with van der Waals surface area (Å²) in [5, 5.41) is 1.20. The van der Waals surface area contributed by atoms with E-state index in [-0.39, 0.29) is 0 Å². The first-order chi connectivity index (χ1) is 7.72. The van der Waals surface area contributed by atoms with Crippen molar-refractivity contribution in [3.8, 4) is 0 Å². The van der Waals surface area contributed by atoms with Crippen LogP contribution in [0.3, 0.4) is 0 Å². The molecule has 0 saturated heterocycles. The lowest BCUT2D eigenvalue weighted by Crippen LogP contribution is -2.21. The molecule has 2 aliphatic rings. The van der Waals surface area contributed by atoms with E-state index in [1.54, 1.807) is 0 Å². The number of hydrogen-bond donors (Lipinski definition) is 0. The third kappa shape index (κ3) is 1.97. The molecule has 3 heteroatoms. The maximum atomic E-state index is 4.34. The number of halogens is 1. The number of aryl methyl sites for hydroxylation is 2. The van der Waals surface area contributed by atoms with Crippen molar-refractivity contribution in [2.75, 3.05) is 5.33 Å². The summed E-state index contributed by atoms with van der Waals surface area (Å²) in [6.45, 7) is 2.14. The summed E-state index contributed by atoms with van der Waals surface area (Å²) in [6.07, 6.45) is 7.06. The minimum absolute atomic E-state index is 0.615. The molecule has 2 atom stereocenters. The van der Waals surface area contributed by atoms with Crippen molar-refractivity contribution in [3.05, 3.63) is 16.1 Å². The Kier molecular flexibility index (Phi) is 2.87. The third-order valence-corrected chi connectivity index (χ3v) is 6.65. The van der Waals surface area contributed by atoms with Crippen LogP contribution in [0.4, 0.5) is 0 Å². The number of thiazole rings is 1. The lowest BCUT2D eigenvalue weighted by Gasteiger charge is -2.28. The minimum Gasteiger partial charge on any atom is -0.250 e. The van der Waals surface area contributed by atoms with Crippen molar-refractivity contribution in [3.63, 3.8) is 0 Å². The molecule has 2 unspecified atom stereocenters. The summed E-state index contributed by atoms with van der Waals surface area (Å²) in [5.41, 5.74) is 3.85. The molecule has 1 aromatic heterocycles. The molecule has 1 heterocycles. The van der Waals surface area contributed by atoms with Gasteiger partial charge in [0.15, 0.2) is 0 Å². The second-order valence-corrected chi connectivity index (χ2v) is 7.16. The Morgan fingerprint density at radius 1 is 1.50 bits per heavy atom. The Hall–Kier alpha value is 0.110. The minimum atomic E-state index is 0.615. The lowest BCUT2D eigenvalue weighted by molar-refractivity contribution is 0.286. The molecular weight excluding hydrogens is 282 g/mol. The van der Waals surface area contributed by atoms with Crippen LogP contribution in [0.2, 0.25) is 0 Å². The summed E-state index contributed by atoms with van der Waals surface area (Å²) >= 11 is 5.58. The van der Waals surface area contributed by atoms with Gasteiger partial charge in [0, 0.05) is 10.2 Å². The van der Waals surface area contributed by atoms with E-state index in [9.17, 15) is 0 Å². The highest BCUT2D eigenvalue weighted by molar-refractivity contribution is 9.09. The zero-order chi connectivity index (χ0) is 11.2. The fourth-order valence-corrected chi connectivity index (χ4v) is 4.85. The first-order valence-electron chi connectivity index (χ1n) is 6.17. The zero-order valence-corrected chi connectivity index (χ0v) is 12.1. The largest absolute Gasteiger partial charge is 0.250 e. The molecule has 3 rings (SSSR count). The van der Waals surface area contributed by atoms with Gasteiger partial charge in [0.25, 0.3) is 0 Å². The standard InChI is InChI=1S/C13H18BrNS/c1-9-12(16-8-15-9)2-3-13(7-14)5-10-4-11(10)6-13/h8,10-11H,2-7H2,1H3. The van der Waals surface area contributed by atoms with Crippen LogP contribution < -0.4 is 0 Å². The van der Waals surface area contributed by atoms with Crippen molar-refractivity contribution in [1.29, 1.82) is 0 Å². The molecule has 0 aromatic carbocycles. The Bertz CT molecular complexity index is 377. The second kappa shape index (κ2) is 4.09. The summed E-state index contributed by atoms with van der Waals surface area (Å²) in [7, 11) is 0. The van der Waals surface area contributed by atoms with Gasteiger partial charge in [-0.25, -0.2) is 4.98 Å². The van der Waals surface area contributed by atoms with Crippen molar-refractivity contribution in [2.45, 2.75) is 39.0 Å². The smallest absolute Gasteiger partial charge is 0.0797 e. The number of nitrogens with zero attached hydrogens (tertiary/aromatic N) is 1. The molecule has 1 aromatic rings. The molecule has 2 fully saturated rings. The van der Waals surface area contributed by atoms with Crippen LogP contribution in [0.15, 0.2) is 5.51 Å². The second-order valence-electron chi connectivity index (χ2n) is 5.66. The molecule has 2 aliphatic carbocycles. The highest BCUT2D eigenvalue weighted by Gasteiger charge is 2.52. The zero-order valence-electron chi connectivity index (χ0n) is 9.71. The monoisotopic (exact) mass is 299 g/mol. The molecule has 16 heavy (non-hydrogen) atoms. The summed E-state index contributed by atoms with van der Waals surface area (Å²) in [5.74, 6) is 2.17. The van der Waals surface area contributed by atoms with Gasteiger partial charge in [0.2, 0.25) is 0 Å². The van der Waals surface area contributed by atoms with Crippen molar-refractivity contribution in [2.24, 2.45) is 17.3 Å². The van der Waals surface area contributed by atoms with E-state index >= 15 is 0 Å². The maximum Gasteiger partial charge on any atom is 0.0797 e. The number of alkyl halides is 1. The summed E-state index contributed by atoms with van der Waals surface area (Å²) in [6, 6.07) is 0. The van der Waals surface area contributed by atoms with Gasteiger partial charge >= 0.3 is 0 Å². The van der Waals surface area contributed by atoms with E-state index in [1.165, 1.54) is 48.0 Å². The average Bonchev–Trinajstić information content (AvgIpc) is 2.74. The van der Waals surface area contributed by atoms with Crippen LogP contribution in [0.5, 0.6) is 0 Å². The van der Waals surface area contributed by atoms with E-state index < -0.39 is 0 Å². The van der Waals surface area contributed by atoms with Gasteiger partial charge in [0.05, 0.1) is 11.2 Å². The molecule has 88 valence electrons. The maximum absolute atomic E-state index is 4.34. The molecule has 0 aliphatic heterocycles. The van der Waals surface area contributed by atoms with Gasteiger partial charge in [-0.15, -0.1) is 11.3 Å². The molecule has 1 nitrogen and oxygen atoms in total. The number of fused-ring (bicyclic) bond motifs is 1. The predicted octanol–water partition coefficient (Wildman–Crippen LogP) is 4.20.